The summed E-state index contributed by atoms with van der Waals surface area (Å²) in [5.41, 5.74) is 3.77. The molecule has 5 heteroatoms. The fourth-order valence-corrected chi connectivity index (χ4v) is 3.74. The number of aliphatic imine (C=N–C) groups is 1. The van der Waals surface area contributed by atoms with Gasteiger partial charge in [-0.25, -0.2) is 0 Å². The molecular weight excluding hydrogens is 310 g/mol. The van der Waals surface area contributed by atoms with Gasteiger partial charge >= 0.3 is 0 Å². The van der Waals surface area contributed by atoms with Gasteiger partial charge in [-0.2, -0.15) is 10.2 Å². The Morgan fingerprint density at radius 3 is 2.68 bits per heavy atom. The number of hydrogen-bond acceptors (Lipinski definition) is 4. The second-order valence-electron chi connectivity index (χ2n) is 7.39. The van der Waals surface area contributed by atoms with E-state index in [1.54, 1.807) is 0 Å². The van der Waals surface area contributed by atoms with E-state index < -0.39 is 0 Å². The van der Waals surface area contributed by atoms with Crippen molar-refractivity contribution in [2.24, 2.45) is 15.2 Å². The standard InChI is InChI=1S/C20H31N5/c1-5-22-24-18-9-7-6-8-17(18)23-20-16-12-15(4)10-11-19(16)25(13-21-20)14(2)3/h10-12,14,17-18H,5-9,13H2,1-4H3,(H,21,23)/t17-,18+/m0/s1. The molecule has 1 aliphatic heterocycles. The Labute approximate surface area is 151 Å². The molecule has 1 saturated carbocycles. The lowest BCUT2D eigenvalue weighted by molar-refractivity contribution is 0.375. The molecule has 2 atom stereocenters. The van der Waals surface area contributed by atoms with E-state index in [9.17, 15) is 0 Å². The van der Waals surface area contributed by atoms with E-state index in [2.05, 4.69) is 59.4 Å². The molecule has 0 radical (unpaired) electrons. The maximum atomic E-state index is 5.13. The van der Waals surface area contributed by atoms with Crippen LogP contribution in [0.5, 0.6) is 0 Å². The van der Waals surface area contributed by atoms with E-state index in [0.717, 1.165) is 31.9 Å². The summed E-state index contributed by atoms with van der Waals surface area (Å²) in [6.07, 6.45) is 4.68. The molecule has 0 bridgehead atoms. The molecule has 1 heterocycles. The third-order valence-electron chi connectivity index (χ3n) is 5.12. The molecule has 1 aromatic carbocycles. The highest BCUT2D eigenvalue weighted by atomic mass is 15.3. The Morgan fingerprint density at radius 2 is 1.96 bits per heavy atom. The van der Waals surface area contributed by atoms with Crippen molar-refractivity contribution < 1.29 is 0 Å². The molecule has 136 valence electrons. The van der Waals surface area contributed by atoms with Crippen molar-refractivity contribution in [1.29, 1.82) is 0 Å². The lowest BCUT2D eigenvalue weighted by atomic mass is 9.91. The summed E-state index contributed by atoms with van der Waals surface area (Å²) in [6, 6.07) is 7.61. The van der Waals surface area contributed by atoms with Crippen LogP contribution < -0.4 is 10.2 Å². The van der Waals surface area contributed by atoms with Gasteiger partial charge in [-0.1, -0.05) is 24.5 Å². The van der Waals surface area contributed by atoms with Gasteiger partial charge in [0.2, 0.25) is 0 Å². The molecule has 5 nitrogen and oxygen atoms in total. The number of benzene rings is 1. The first kappa shape index (κ1) is 17.9. The summed E-state index contributed by atoms with van der Waals surface area (Å²) in [5.74, 6) is 1.03. The molecule has 2 aliphatic rings. The van der Waals surface area contributed by atoms with Gasteiger partial charge in [-0.15, -0.1) is 0 Å². The third-order valence-corrected chi connectivity index (χ3v) is 5.12. The van der Waals surface area contributed by atoms with Crippen LogP contribution in [0.1, 0.15) is 57.6 Å². The summed E-state index contributed by atoms with van der Waals surface area (Å²) in [7, 11) is 0. The van der Waals surface area contributed by atoms with Gasteiger partial charge in [-0.3, -0.25) is 4.99 Å². The maximum Gasteiger partial charge on any atom is 0.132 e. The van der Waals surface area contributed by atoms with Crippen LogP contribution in [-0.4, -0.2) is 37.2 Å². The number of hydrogen-bond donors (Lipinski definition) is 1. The number of amidine groups is 1. The lowest BCUT2D eigenvalue weighted by Crippen LogP contribution is -2.47. The number of rotatable bonds is 4. The fraction of sp³-hybridized carbons (Fsp3) is 0.650. The minimum atomic E-state index is 0.236. The summed E-state index contributed by atoms with van der Waals surface area (Å²) < 4.78 is 0. The summed E-state index contributed by atoms with van der Waals surface area (Å²) in [4.78, 5) is 7.52. The van der Waals surface area contributed by atoms with Crippen LogP contribution in [0, 0.1) is 6.92 Å². The SMILES string of the molecule is CCN=N[C@@H]1CCCC[C@@H]1N=C1NCN(C(C)C)c2ccc(C)cc21. The second-order valence-corrected chi connectivity index (χ2v) is 7.39. The van der Waals surface area contributed by atoms with E-state index in [1.165, 1.54) is 29.7 Å². The molecule has 1 aromatic rings. The molecule has 1 aliphatic carbocycles. The Hall–Kier alpha value is -1.91. The number of anilines is 1. The first-order valence-electron chi connectivity index (χ1n) is 9.66. The molecule has 0 spiro atoms. The Bertz CT molecular complexity index is 649. The van der Waals surface area contributed by atoms with Gasteiger partial charge in [0.25, 0.3) is 0 Å². The highest BCUT2D eigenvalue weighted by Crippen LogP contribution is 2.29. The molecule has 0 aromatic heterocycles. The number of fused-ring (bicyclic) bond motifs is 1. The monoisotopic (exact) mass is 341 g/mol. The molecular formula is C20H31N5. The van der Waals surface area contributed by atoms with Crippen LogP contribution >= 0.6 is 0 Å². The van der Waals surface area contributed by atoms with Crippen molar-refractivity contribution in [3.8, 4) is 0 Å². The van der Waals surface area contributed by atoms with Gasteiger partial charge < -0.3 is 10.2 Å². The zero-order valence-electron chi connectivity index (χ0n) is 16.0. The zero-order valence-corrected chi connectivity index (χ0v) is 16.0. The smallest absolute Gasteiger partial charge is 0.132 e. The number of azo groups is 1. The summed E-state index contributed by atoms with van der Waals surface area (Å²) in [5, 5.41) is 12.4. The molecule has 1 fully saturated rings. The van der Waals surface area contributed by atoms with Crippen molar-refractivity contribution in [3.63, 3.8) is 0 Å². The molecule has 0 unspecified atom stereocenters. The van der Waals surface area contributed by atoms with Crippen LogP contribution in [-0.2, 0) is 0 Å². The molecule has 1 N–H and O–H groups in total. The highest BCUT2D eigenvalue weighted by Gasteiger charge is 2.28. The highest BCUT2D eigenvalue weighted by molar-refractivity contribution is 6.05. The van der Waals surface area contributed by atoms with E-state index in [1.807, 2.05) is 6.92 Å². The summed E-state index contributed by atoms with van der Waals surface area (Å²) in [6.45, 7) is 10.2. The zero-order chi connectivity index (χ0) is 17.8. The number of aryl methyl sites for hydroxylation is 1. The fourth-order valence-electron chi connectivity index (χ4n) is 3.74. The van der Waals surface area contributed by atoms with Gasteiger partial charge in [-0.05, 0) is 52.7 Å². The van der Waals surface area contributed by atoms with Crippen molar-refractivity contribution >= 4 is 11.5 Å². The normalized spacial score (nSPS) is 25.5. The van der Waals surface area contributed by atoms with E-state index >= 15 is 0 Å². The average molecular weight is 342 g/mol. The quantitative estimate of drug-likeness (QED) is 0.830. The van der Waals surface area contributed by atoms with Crippen molar-refractivity contribution in [2.45, 2.75) is 71.5 Å². The van der Waals surface area contributed by atoms with E-state index in [-0.39, 0.29) is 12.1 Å². The number of nitrogens with zero attached hydrogens (tertiary/aromatic N) is 4. The van der Waals surface area contributed by atoms with Crippen molar-refractivity contribution in [1.82, 2.24) is 5.32 Å². The topological polar surface area (TPSA) is 52.4 Å². The Morgan fingerprint density at radius 1 is 1.20 bits per heavy atom. The van der Waals surface area contributed by atoms with Gasteiger partial charge in [0.1, 0.15) is 5.84 Å². The van der Waals surface area contributed by atoms with Gasteiger partial charge in [0.05, 0.1) is 25.3 Å². The van der Waals surface area contributed by atoms with Crippen molar-refractivity contribution in [3.05, 3.63) is 29.3 Å². The van der Waals surface area contributed by atoms with Gasteiger partial charge in [0.15, 0.2) is 0 Å². The third kappa shape index (κ3) is 4.02. The van der Waals surface area contributed by atoms with Gasteiger partial charge in [0, 0.05) is 17.3 Å². The van der Waals surface area contributed by atoms with Crippen LogP contribution in [0.2, 0.25) is 0 Å². The van der Waals surface area contributed by atoms with Crippen LogP contribution in [0.25, 0.3) is 0 Å². The van der Waals surface area contributed by atoms with E-state index in [4.69, 9.17) is 4.99 Å². The molecule has 0 amide bonds. The Balaban J connectivity index is 1.93. The molecule has 25 heavy (non-hydrogen) atoms. The molecule has 3 rings (SSSR count). The van der Waals surface area contributed by atoms with E-state index in [0.29, 0.717) is 6.04 Å². The molecule has 0 saturated heterocycles. The van der Waals surface area contributed by atoms with Crippen LogP contribution in [0.4, 0.5) is 5.69 Å². The predicted octanol–water partition coefficient (Wildman–Crippen LogP) is 4.30. The lowest BCUT2D eigenvalue weighted by Gasteiger charge is -2.37. The maximum absolute atomic E-state index is 5.13. The first-order chi connectivity index (χ1) is 12.1. The number of nitrogens with one attached hydrogen (secondary N) is 1. The van der Waals surface area contributed by atoms with Crippen molar-refractivity contribution in [2.75, 3.05) is 18.1 Å². The largest absolute Gasteiger partial charge is 0.352 e. The van der Waals surface area contributed by atoms with Crippen LogP contribution in [0.3, 0.4) is 0 Å². The second kappa shape index (κ2) is 7.98. The first-order valence-corrected chi connectivity index (χ1v) is 9.66. The Kier molecular flexibility index (Phi) is 5.71. The predicted molar refractivity (Wildman–Crippen MR) is 105 cm³/mol. The summed E-state index contributed by atoms with van der Waals surface area (Å²) >= 11 is 0. The minimum absolute atomic E-state index is 0.236. The minimum Gasteiger partial charge on any atom is -0.352 e. The average Bonchev–Trinajstić information content (AvgIpc) is 2.61. The van der Waals surface area contributed by atoms with Crippen LogP contribution in [0.15, 0.2) is 33.4 Å².